The van der Waals surface area contributed by atoms with E-state index in [0.717, 1.165) is 24.3 Å². The summed E-state index contributed by atoms with van der Waals surface area (Å²) in [5.74, 6) is 0.685. The van der Waals surface area contributed by atoms with E-state index in [0.29, 0.717) is 30.1 Å². The molecule has 6 nitrogen and oxygen atoms in total. The summed E-state index contributed by atoms with van der Waals surface area (Å²) in [7, 11) is 1.64. The maximum absolute atomic E-state index is 13.7. The summed E-state index contributed by atoms with van der Waals surface area (Å²) < 4.78 is 7.35. The second kappa shape index (κ2) is 9.20. The monoisotopic (exact) mass is 438 g/mol. The molecule has 1 amide bonds. The van der Waals surface area contributed by atoms with Crippen molar-refractivity contribution in [3.63, 3.8) is 0 Å². The normalized spacial score (nSPS) is 13.7. The Kier molecular flexibility index (Phi) is 5.81. The van der Waals surface area contributed by atoms with Crippen LogP contribution in [0.3, 0.4) is 0 Å². The van der Waals surface area contributed by atoms with Gasteiger partial charge in [0.05, 0.1) is 18.4 Å². The third-order valence-corrected chi connectivity index (χ3v) is 6.02. The Hall–Kier alpha value is -4.06. The lowest BCUT2D eigenvalue weighted by Crippen LogP contribution is -2.48. The fourth-order valence-electron chi connectivity index (χ4n) is 4.26. The molecule has 1 aromatic heterocycles. The standard InChI is InChI=1S/C27H26N4O2/c1-33-25-15-9-8-14-23(25)26-24(20-31(28-26)22-12-6-3-7-13-22)27(32)30-18-16-29(17-19-30)21-10-4-2-5-11-21/h2-15,20H,16-19H2,1H3. The fourth-order valence-corrected chi connectivity index (χ4v) is 4.26. The molecule has 3 aromatic carbocycles. The van der Waals surface area contributed by atoms with E-state index in [2.05, 4.69) is 17.0 Å². The molecule has 33 heavy (non-hydrogen) atoms. The van der Waals surface area contributed by atoms with Crippen molar-refractivity contribution in [3.05, 3.63) is 96.7 Å². The lowest BCUT2D eigenvalue weighted by molar-refractivity contribution is 0.0747. The maximum atomic E-state index is 13.7. The number of anilines is 1. The zero-order chi connectivity index (χ0) is 22.6. The van der Waals surface area contributed by atoms with Crippen molar-refractivity contribution in [1.82, 2.24) is 14.7 Å². The average Bonchev–Trinajstić information content (AvgIpc) is 3.35. The third-order valence-electron chi connectivity index (χ3n) is 6.02. The highest BCUT2D eigenvalue weighted by molar-refractivity contribution is 6.00. The van der Waals surface area contributed by atoms with Crippen molar-refractivity contribution >= 4 is 11.6 Å². The Labute approximate surface area is 193 Å². The van der Waals surface area contributed by atoms with Gasteiger partial charge in [0.1, 0.15) is 11.4 Å². The van der Waals surface area contributed by atoms with Crippen molar-refractivity contribution in [1.29, 1.82) is 0 Å². The number of carbonyl (C=O) groups is 1. The highest BCUT2D eigenvalue weighted by Gasteiger charge is 2.27. The van der Waals surface area contributed by atoms with Gasteiger partial charge in [-0.2, -0.15) is 5.10 Å². The molecule has 1 aliphatic heterocycles. The van der Waals surface area contributed by atoms with Crippen molar-refractivity contribution in [2.45, 2.75) is 0 Å². The molecule has 1 saturated heterocycles. The van der Waals surface area contributed by atoms with Crippen LogP contribution in [0, 0.1) is 0 Å². The van der Waals surface area contributed by atoms with Crippen LogP contribution in [0.15, 0.2) is 91.1 Å². The topological polar surface area (TPSA) is 50.6 Å². The number of hydrogen-bond donors (Lipinski definition) is 0. The molecule has 0 saturated carbocycles. The predicted molar refractivity (Wildman–Crippen MR) is 130 cm³/mol. The highest BCUT2D eigenvalue weighted by Crippen LogP contribution is 2.32. The molecule has 5 rings (SSSR count). The molecule has 0 radical (unpaired) electrons. The molecule has 0 aliphatic carbocycles. The molecule has 166 valence electrons. The van der Waals surface area contributed by atoms with E-state index in [1.54, 1.807) is 11.8 Å². The molecule has 2 heterocycles. The summed E-state index contributed by atoms with van der Waals surface area (Å²) in [4.78, 5) is 17.9. The van der Waals surface area contributed by atoms with E-state index < -0.39 is 0 Å². The van der Waals surface area contributed by atoms with Gasteiger partial charge < -0.3 is 14.5 Å². The number of para-hydroxylation sites is 3. The van der Waals surface area contributed by atoms with Crippen LogP contribution >= 0.6 is 0 Å². The SMILES string of the molecule is COc1ccccc1-c1nn(-c2ccccc2)cc1C(=O)N1CCN(c2ccccc2)CC1. The quantitative estimate of drug-likeness (QED) is 0.460. The first-order valence-electron chi connectivity index (χ1n) is 11.1. The van der Waals surface area contributed by atoms with Gasteiger partial charge in [-0.3, -0.25) is 4.79 Å². The molecular weight excluding hydrogens is 412 g/mol. The van der Waals surface area contributed by atoms with Crippen LogP contribution < -0.4 is 9.64 Å². The molecule has 0 bridgehead atoms. The molecule has 6 heteroatoms. The number of hydrogen-bond acceptors (Lipinski definition) is 4. The van der Waals surface area contributed by atoms with Gasteiger partial charge in [0.25, 0.3) is 5.91 Å². The van der Waals surface area contributed by atoms with Crippen LogP contribution in [0.1, 0.15) is 10.4 Å². The van der Waals surface area contributed by atoms with E-state index in [9.17, 15) is 4.79 Å². The molecule has 0 atom stereocenters. The van der Waals surface area contributed by atoms with Gasteiger partial charge in [-0.05, 0) is 36.4 Å². The molecule has 1 aliphatic rings. The van der Waals surface area contributed by atoms with E-state index >= 15 is 0 Å². The summed E-state index contributed by atoms with van der Waals surface area (Å²) in [5, 5.41) is 4.82. The Morgan fingerprint density at radius 3 is 2.06 bits per heavy atom. The zero-order valence-corrected chi connectivity index (χ0v) is 18.6. The minimum atomic E-state index is -0.00852. The molecule has 0 spiro atoms. The van der Waals surface area contributed by atoms with Crippen LogP contribution in [0.5, 0.6) is 5.75 Å². The predicted octanol–water partition coefficient (Wildman–Crippen LogP) is 4.51. The van der Waals surface area contributed by atoms with E-state index in [1.165, 1.54) is 5.69 Å². The van der Waals surface area contributed by atoms with Gasteiger partial charge in [-0.15, -0.1) is 0 Å². The highest BCUT2D eigenvalue weighted by atomic mass is 16.5. The largest absolute Gasteiger partial charge is 0.496 e. The number of rotatable bonds is 5. The van der Waals surface area contributed by atoms with Crippen molar-refractivity contribution in [2.75, 3.05) is 38.2 Å². The number of amides is 1. The Morgan fingerprint density at radius 2 is 1.39 bits per heavy atom. The van der Waals surface area contributed by atoms with Gasteiger partial charge in [0.15, 0.2) is 0 Å². The van der Waals surface area contributed by atoms with Gasteiger partial charge in [0, 0.05) is 43.6 Å². The van der Waals surface area contributed by atoms with E-state index in [1.807, 2.05) is 83.9 Å². The van der Waals surface area contributed by atoms with Crippen LogP contribution in [-0.2, 0) is 0 Å². The first-order chi connectivity index (χ1) is 16.2. The minimum Gasteiger partial charge on any atom is -0.496 e. The molecule has 0 N–H and O–H groups in total. The second-order valence-electron chi connectivity index (χ2n) is 7.99. The summed E-state index contributed by atoms with van der Waals surface area (Å²) in [6.07, 6.45) is 1.84. The van der Waals surface area contributed by atoms with Crippen LogP contribution in [-0.4, -0.2) is 53.9 Å². The number of carbonyl (C=O) groups excluding carboxylic acids is 1. The van der Waals surface area contributed by atoms with E-state index in [-0.39, 0.29) is 5.91 Å². The van der Waals surface area contributed by atoms with Crippen molar-refractivity contribution < 1.29 is 9.53 Å². The molecule has 1 fully saturated rings. The van der Waals surface area contributed by atoms with Gasteiger partial charge in [0.2, 0.25) is 0 Å². The number of piperazine rings is 1. The van der Waals surface area contributed by atoms with Gasteiger partial charge >= 0.3 is 0 Å². The first kappa shape index (κ1) is 20.8. The van der Waals surface area contributed by atoms with Crippen LogP contribution in [0.25, 0.3) is 16.9 Å². The number of methoxy groups -OCH3 is 1. The van der Waals surface area contributed by atoms with Gasteiger partial charge in [-0.1, -0.05) is 48.5 Å². The first-order valence-corrected chi connectivity index (χ1v) is 11.1. The number of aromatic nitrogens is 2. The van der Waals surface area contributed by atoms with Crippen molar-refractivity contribution in [2.24, 2.45) is 0 Å². The summed E-state index contributed by atoms with van der Waals surface area (Å²) in [6.45, 7) is 2.92. The van der Waals surface area contributed by atoms with Crippen molar-refractivity contribution in [3.8, 4) is 22.7 Å². The Bertz CT molecular complexity index is 1230. The fraction of sp³-hybridized carbons (Fsp3) is 0.185. The van der Waals surface area contributed by atoms with Crippen LogP contribution in [0.4, 0.5) is 5.69 Å². The van der Waals surface area contributed by atoms with Gasteiger partial charge in [-0.25, -0.2) is 4.68 Å². The summed E-state index contributed by atoms with van der Waals surface area (Å²) in [5.41, 5.74) is 4.11. The lowest BCUT2D eigenvalue weighted by atomic mass is 10.1. The number of ether oxygens (including phenoxy) is 1. The average molecular weight is 439 g/mol. The molecule has 0 unspecified atom stereocenters. The second-order valence-corrected chi connectivity index (χ2v) is 7.99. The lowest BCUT2D eigenvalue weighted by Gasteiger charge is -2.36. The molecule has 4 aromatic rings. The summed E-state index contributed by atoms with van der Waals surface area (Å²) in [6, 6.07) is 27.9. The third kappa shape index (κ3) is 4.20. The Balaban J connectivity index is 1.46. The summed E-state index contributed by atoms with van der Waals surface area (Å²) >= 11 is 0. The zero-order valence-electron chi connectivity index (χ0n) is 18.6. The smallest absolute Gasteiger partial charge is 0.257 e. The number of nitrogens with zero attached hydrogens (tertiary/aromatic N) is 4. The maximum Gasteiger partial charge on any atom is 0.257 e. The van der Waals surface area contributed by atoms with Crippen LogP contribution in [0.2, 0.25) is 0 Å². The Morgan fingerprint density at radius 1 is 0.788 bits per heavy atom. The number of benzene rings is 3. The minimum absolute atomic E-state index is 0.00852. The molecular formula is C27H26N4O2. The van der Waals surface area contributed by atoms with E-state index in [4.69, 9.17) is 9.84 Å².